The number of ether oxygens (including phenoxy) is 1. The van der Waals surface area contributed by atoms with Crippen molar-refractivity contribution in [2.24, 2.45) is 5.41 Å². The summed E-state index contributed by atoms with van der Waals surface area (Å²) >= 11 is 0. The van der Waals surface area contributed by atoms with Crippen molar-refractivity contribution >= 4 is 5.97 Å². The van der Waals surface area contributed by atoms with Crippen LogP contribution in [0.4, 0.5) is 0 Å². The van der Waals surface area contributed by atoms with Gasteiger partial charge in [0.2, 0.25) is 0 Å². The molecule has 20 heavy (non-hydrogen) atoms. The summed E-state index contributed by atoms with van der Waals surface area (Å²) in [6.07, 6.45) is 5.34. The van der Waals surface area contributed by atoms with Gasteiger partial charge < -0.3 is 10.1 Å². The second-order valence-electron chi connectivity index (χ2n) is 5.99. The maximum absolute atomic E-state index is 12.7. The molecule has 0 bridgehead atoms. The first kappa shape index (κ1) is 13.6. The average molecular weight is 273 g/mol. The monoisotopic (exact) mass is 273 g/mol. The molecule has 1 aromatic carbocycles. The summed E-state index contributed by atoms with van der Waals surface area (Å²) in [5.41, 5.74) is 0.666. The first-order chi connectivity index (χ1) is 9.75. The standard InChI is InChI=1S/C17H23NO2/c1-2-20-15(19)16(11-7-4-8-12-16)17(13-18-17)14-9-5-3-6-10-14/h3,5-6,9-10,18H,2,4,7-8,11-13H2,1H3. The van der Waals surface area contributed by atoms with Gasteiger partial charge in [-0.2, -0.15) is 0 Å². The zero-order chi connectivity index (χ0) is 14.1. The molecule has 0 amide bonds. The van der Waals surface area contributed by atoms with Gasteiger partial charge in [0.1, 0.15) is 0 Å². The van der Waals surface area contributed by atoms with Gasteiger partial charge in [0.25, 0.3) is 0 Å². The van der Waals surface area contributed by atoms with Crippen molar-refractivity contribution in [3.63, 3.8) is 0 Å². The Morgan fingerprint density at radius 1 is 1.20 bits per heavy atom. The number of benzene rings is 1. The molecule has 1 heterocycles. The lowest BCUT2D eigenvalue weighted by molar-refractivity contribution is -0.160. The van der Waals surface area contributed by atoms with Gasteiger partial charge in [-0.1, -0.05) is 49.6 Å². The third kappa shape index (κ3) is 1.96. The van der Waals surface area contributed by atoms with Crippen LogP contribution in [-0.2, 0) is 15.1 Å². The van der Waals surface area contributed by atoms with Gasteiger partial charge in [0, 0.05) is 6.54 Å². The van der Waals surface area contributed by atoms with Gasteiger partial charge in [-0.05, 0) is 25.3 Å². The second-order valence-corrected chi connectivity index (χ2v) is 5.99. The van der Waals surface area contributed by atoms with Gasteiger partial charge in [0.05, 0.1) is 17.6 Å². The maximum atomic E-state index is 12.7. The highest BCUT2D eigenvalue weighted by molar-refractivity contribution is 5.80. The molecule has 1 aromatic rings. The molecular weight excluding hydrogens is 250 g/mol. The molecule has 3 heteroatoms. The van der Waals surface area contributed by atoms with E-state index in [1.54, 1.807) is 0 Å². The Morgan fingerprint density at radius 2 is 1.85 bits per heavy atom. The molecule has 3 nitrogen and oxygen atoms in total. The van der Waals surface area contributed by atoms with Crippen LogP contribution in [0, 0.1) is 5.41 Å². The molecular formula is C17H23NO2. The normalized spacial score (nSPS) is 27.9. The van der Waals surface area contributed by atoms with Crippen molar-refractivity contribution in [3.05, 3.63) is 35.9 Å². The van der Waals surface area contributed by atoms with Crippen molar-refractivity contribution in [1.29, 1.82) is 0 Å². The molecule has 0 radical (unpaired) electrons. The smallest absolute Gasteiger partial charge is 0.314 e. The second kappa shape index (κ2) is 5.21. The SMILES string of the molecule is CCOC(=O)C1(C2(c3ccccc3)CN2)CCCCC1. The van der Waals surface area contributed by atoms with E-state index in [9.17, 15) is 4.79 Å². The van der Waals surface area contributed by atoms with E-state index in [1.807, 2.05) is 13.0 Å². The van der Waals surface area contributed by atoms with Crippen LogP contribution in [0.1, 0.15) is 44.6 Å². The first-order valence-electron chi connectivity index (χ1n) is 7.73. The molecule has 2 fully saturated rings. The number of esters is 1. The van der Waals surface area contributed by atoms with Gasteiger partial charge in [-0.25, -0.2) is 0 Å². The minimum atomic E-state index is -0.372. The molecule has 1 aliphatic heterocycles. The summed E-state index contributed by atoms with van der Waals surface area (Å²) in [5, 5.41) is 3.51. The molecule has 1 saturated heterocycles. The molecule has 108 valence electrons. The molecule has 1 unspecified atom stereocenters. The Bertz CT molecular complexity index is 473. The summed E-state index contributed by atoms with van der Waals surface area (Å²) in [4.78, 5) is 12.7. The van der Waals surface area contributed by atoms with Crippen LogP contribution in [0.3, 0.4) is 0 Å². The van der Waals surface area contributed by atoms with Gasteiger partial charge in [0.15, 0.2) is 0 Å². The number of nitrogens with one attached hydrogen (secondary N) is 1. The molecule has 1 atom stereocenters. The van der Waals surface area contributed by atoms with Crippen molar-refractivity contribution in [1.82, 2.24) is 5.32 Å². The van der Waals surface area contributed by atoms with E-state index in [1.165, 1.54) is 12.0 Å². The van der Waals surface area contributed by atoms with Crippen molar-refractivity contribution in [2.75, 3.05) is 13.2 Å². The van der Waals surface area contributed by atoms with E-state index < -0.39 is 0 Å². The highest BCUT2D eigenvalue weighted by atomic mass is 16.5. The van der Waals surface area contributed by atoms with E-state index in [0.717, 1.165) is 32.2 Å². The predicted molar refractivity (Wildman–Crippen MR) is 78.3 cm³/mol. The van der Waals surface area contributed by atoms with E-state index in [2.05, 4.69) is 29.6 Å². The summed E-state index contributed by atoms with van der Waals surface area (Å²) in [6.45, 7) is 3.24. The molecule has 2 aliphatic rings. The molecule has 1 saturated carbocycles. The van der Waals surface area contributed by atoms with Crippen LogP contribution in [0.25, 0.3) is 0 Å². The van der Waals surface area contributed by atoms with E-state index in [0.29, 0.717) is 6.61 Å². The van der Waals surface area contributed by atoms with Gasteiger partial charge in [-0.15, -0.1) is 0 Å². The summed E-state index contributed by atoms with van der Waals surface area (Å²) in [6, 6.07) is 10.4. The molecule has 1 N–H and O–H groups in total. The van der Waals surface area contributed by atoms with Gasteiger partial charge in [-0.3, -0.25) is 4.79 Å². The molecule has 0 spiro atoms. The predicted octanol–water partition coefficient (Wildman–Crippen LogP) is 3.00. The quantitative estimate of drug-likeness (QED) is 0.677. The molecule has 0 aromatic heterocycles. The number of rotatable bonds is 4. The minimum Gasteiger partial charge on any atom is -0.466 e. The molecule has 3 rings (SSSR count). The van der Waals surface area contributed by atoms with Crippen molar-refractivity contribution < 1.29 is 9.53 Å². The minimum absolute atomic E-state index is 0.00597. The maximum Gasteiger partial charge on any atom is 0.314 e. The topological polar surface area (TPSA) is 48.2 Å². The van der Waals surface area contributed by atoms with Gasteiger partial charge >= 0.3 is 5.97 Å². The lowest BCUT2D eigenvalue weighted by Crippen LogP contribution is -2.47. The fourth-order valence-corrected chi connectivity index (χ4v) is 3.86. The lowest BCUT2D eigenvalue weighted by atomic mass is 9.63. The van der Waals surface area contributed by atoms with Crippen molar-refractivity contribution in [3.8, 4) is 0 Å². The lowest BCUT2D eigenvalue weighted by Gasteiger charge is -2.41. The van der Waals surface area contributed by atoms with E-state index in [-0.39, 0.29) is 16.9 Å². The van der Waals surface area contributed by atoms with E-state index in [4.69, 9.17) is 4.74 Å². The number of carbonyl (C=O) groups excluding carboxylic acids is 1. The van der Waals surface area contributed by atoms with Crippen LogP contribution in [0.5, 0.6) is 0 Å². The highest BCUT2D eigenvalue weighted by Crippen LogP contribution is 2.55. The Hall–Kier alpha value is -1.35. The average Bonchev–Trinajstić information content (AvgIpc) is 3.31. The fraction of sp³-hybridized carbons (Fsp3) is 0.588. The number of hydrogen-bond acceptors (Lipinski definition) is 3. The van der Waals surface area contributed by atoms with Crippen LogP contribution in [0.15, 0.2) is 30.3 Å². The van der Waals surface area contributed by atoms with Crippen molar-refractivity contribution in [2.45, 2.75) is 44.6 Å². The highest BCUT2D eigenvalue weighted by Gasteiger charge is 2.64. The van der Waals surface area contributed by atoms with Crippen LogP contribution in [0.2, 0.25) is 0 Å². The third-order valence-electron chi connectivity index (χ3n) is 4.99. The Labute approximate surface area is 120 Å². The Morgan fingerprint density at radius 3 is 2.40 bits per heavy atom. The molecule has 1 aliphatic carbocycles. The van der Waals surface area contributed by atoms with Crippen LogP contribution in [-0.4, -0.2) is 19.1 Å². The Balaban J connectivity index is 1.99. The van der Waals surface area contributed by atoms with E-state index >= 15 is 0 Å². The zero-order valence-electron chi connectivity index (χ0n) is 12.2. The number of hydrogen-bond donors (Lipinski definition) is 1. The first-order valence-corrected chi connectivity index (χ1v) is 7.73. The number of carbonyl (C=O) groups is 1. The summed E-state index contributed by atoms with van der Waals surface area (Å²) in [7, 11) is 0. The van der Waals surface area contributed by atoms with Crippen LogP contribution >= 0.6 is 0 Å². The summed E-state index contributed by atoms with van der Waals surface area (Å²) < 4.78 is 5.45. The fourth-order valence-electron chi connectivity index (χ4n) is 3.86. The third-order valence-corrected chi connectivity index (χ3v) is 4.99. The Kier molecular flexibility index (Phi) is 3.55. The largest absolute Gasteiger partial charge is 0.466 e. The zero-order valence-corrected chi connectivity index (χ0v) is 12.2. The summed E-state index contributed by atoms with van der Waals surface area (Å²) in [5.74, 6) is -0.00597. The van der Waals surface area contributed by atoms with Crippen LogP contribution < -0.4 is 5.32 Å².